The van der Waals surface area contributed by atoms with Crippen LogP contribution in [0, 0.1) is 0 Å². The van der Waals surface area contributed by atoms with E-state index in [1.807, 2.05) is 39.0 Å². The summed E-state index contributed by atoms with van der Waals surface area (Å²) in [5, 5.41) is 2.70. The van der Waals surface area contributed by atoms with Gasteiger partial charge in [-0.05, 0) is 32.4 Å². The van der Waals surface area contributed by atoms with E-state index in [0.717, 1.165) is 11.1 Å². The molecule has 3 nitrogen and oxygen atoms in total. The Kier molecular flexibility index (Phi) is 4.79. The Morgan fingerprint density at radius 2 is 2.00 bits per heavy atom. The van der Waals surface area contributed by atoms with E-state index in [-0.39, 0.29) is 0 Å². The number of anilines is 1. The van der Waals surface area contributed by atoms with Crippen LogP contribution in [0.1, 0.15) is 26.3 Å². The number of hydrogen-bond acceptors (Lipinski definition) is 2. The Morgan fingerprint density at radius 1 is 1.39 bits per heavy atom. The maximum atomic E-state index is 11.7. The molecule has 0 aliphatic rings. The van der Waals surface area contributed by atoms with Crippen LogP contribution in [-0.2, 0) is 4.74 Å². The maximum absolute atomic E-state index is 11.7. The quantitative estimate of drug-likeness (QED) is 0.830. The highest BCUT2D eigenvalue weighted by atomic mass is 35.5. The van der Waals surface area contributed by atoms with Gasteiger partial charge in [-0.15, -0.1) is 11.6 Å². The van der Waals surface area contributed by atoms with E-state index < -0.39 is 11.7 Å². The number of hydrogen-bond donors (Lipinski definition) is 1. The molecule has 0 spiro atoms. The number of allylic oxidation sites excluding steroid dienone is 1. The van der Waals surface area contributed by atoms with Crippen molar-refractivity contribution in [3.63, 3.8) is 0 Å². The Bertz CT molecular complexity index is 449. The number of amides is 1. The van der Waals surface area contributed by atoms with Gasteiger partial charge in [-0.1, -0.05) is 24.8 Å². The first-order valence-corrected chi connectivity index (χ1v) is 6.20. The van der Waals surface area contributed by atoms with Gasteiger partial charge in [0.25, 0.3) is 0 Å². The third-order valence-electron chi connectivity index (χ3n) is 2.10. The molecular formula is C14H18ClNO2. The number of para-hydroxylation sites is 1. The van der Waals surface area contributed by atoms with Gasteiger partial charge >= 0.3 is 6.09 Å². The van der Waals surface area contributed by atoms with Crippen molar-refractivity contribution in [3.8, 4) is 0 Å². The van der Waals surface area contributed by atoms with Crippen LogP contribution < -0.4 is 5.32 Å². The summed E-state index contributed by atoms with van der Waals surface area (Å²) in [6.07, 6.45) is -0.489. The molecule has 0 atom stereocenters. The van der Waals surface area contributed by atoms with E-state index in [4.69, 9.17) is 16.3 Å². The molecule has 0 aliphatic carbocycles. The normalized spacial score (nSPS) is 10.9. The SMILES string of the molecule is C=C(CCl)c1ccccc1NC(=O)OC(C)(C)C. The topological polar surface area (TPSA) is 38.3 Å². The molecule has 1 N–H and O–H groups in total. The van der Waals surface area contributed by atoms with Gasteiger partial charge in [0.2, 0.25) is 0 Å². The van der Waals surface area contributed by atoms with Gasteiger partial charge in [0, 0.05) is 11.4 Å². The number of nitrogens with one attached hydrogen (secondary N) is 1. The van der Waals surface area contributed by atoms with Crippen molar-refractivity contribution in [1.82, 2.24) is 0 Å². The van der Waals surface area contributed by atoms with Crippen LogP contribution in [0.4, 0.5) is 10.5 Å². The van der Waals surface area contributed by atoms with E-state index in [1.54, 1.807) is 6.07 Å². The Balaban J connectivity index is 2.85. The van der Waals surface area contributed by atoms with E-state index >= 15 is 0 Å². The largest absolute Gasteiger partial charge is 0.444 e. The van der Waals surface area contributed by atoms with Crippen LogP contribution in [0.2, 0.25) is 0 Å². The predicted octanol–water partition coefficient (Wildman–Crippen LogP) is 4.29. The minimum Gasteiger partial charge on any atom is -0.444 e. The fraction of sp³-hybridized carbons (Fsp3) is 0.357. The first-order valence-electron chi connectivity index (χ1n) is 5.66. The third kappa shape index (κ3) is 4.41. The van der Waals surface area contributed by atoms with Gasteiger partial charge in [-0.2, -0.15) is 0 Å². The highest BCUT2D eigenvalue weighted by Crippen LogP contribution is 2.24. The minimum atomic E-state index is -0.525. The second-order valence-electron chi connectivity index (χ2n) is 4.91. The van der Waals surface area contributed by atoms with Crippen molar-refractivity contribution >= 4 is 29.0 Å². The summed E-state index contributed by atoms with van der Waals surface area (Å²) in [6, 6.07) is 7.35. The van der Waals surface area contributed by atoms with Crippen LogP contribution in [0.15, 0.2) is 30.8 Å². The van der Waals surface area contributed by atoms with Gasteiger partial charge in [-0.3, -0.25) is 5.32 Å². The van der Waals surface area contributed by atoms with E-state index in [0.29, 0.717) is 11.6 Å². The molecule has 1 aromatic rings. The van der Waals surface area contributed by atoms with Crippen molar-refractivity contribution in [2.75, 3.05) is 11.2 Å². The zero-order chi connectivity index (χ0) is 13.8. The molecule has 1 aromatic carbocycles. The first-order chi connectivity index (χ1) is 8.33. The molecule has 4 heteroatoms. The maximum Gasteiger partial charge on any atom is 0.412 e. The lowest BCUT2D eigenvalue weighted by atomic mass is 10.1. The van der Waals surface area contributed by atoms with Gasteiger partial charge in [0.1, 0.15) is 5.60 Å². The molecule has 0 fully saturated rings. The number of benzene rings is 1. The second-order valence-corrected chi connectivity index (χ2v) is 5.18. The number of carbonyl (C=O) groups is 1. The molecule has 0 saturated heterocycles. The zero-order valence-corrected chi connectivity index (χ0v) is 11.7. The molecule has 0 heterocycles. The highest BCUT2D eigenvalue weighted by molar-refractivity contribution is 6.23. The Hall–Kier alpha value is -1.48. The summed E-state index contributed by atoms with van der Waals surface area (Å²) in [6.45, 7) is 9.31. The summed E-state index contributed by atoms with van der Waals surface area (Å²) in [5.74, 6) is 0.313. The molecule has 0 unspecified atom stereocenters. The van der Waals surface area contributed by atoms with E-state index in [2.05, 4.69) is 11.9 Å². The van der Waals surface area contributed by atoms with E-state index in [1.165, 1.54) is 0 Å². The van der Waals surface area contributed by atoms with Crippen LogP contribution in [0.3, 0.4) is 0 Å². The summed E-state index contributed by atoms with van der Waals surface area (Å²) >= 11 is 5.76. The monoisotopic (exact) mass is 267 g/mol. The molecule has 18 heavy (non-hydrogen) atoms. The molecule has 1 rings (SSSR count). The van der Waals surface area contributed by atoms with Crippen LogP contribution in [-0.4, -0.2) is 17.6 Å². The fourth-order valence-electron chi connectivity index (χ4n) is 1.39. The average molecular weight is 268 g/mol. The molecule has 98 valence electrons. The Labute approximate surface area is 113 Å². The summed E-state index contributed by atoms with van der Waals surface area (Å²) in [4.78, 5) is 11.7. The number of ether oxygens (including phenoxy) is 1. The third-order valence-corrected chi connectivity index (χ3v) is 2.43. The van der Waals surface area contributed by atoms with Gasteiger partial charge in [0.05, 0.1) is 5.69 Å². The summed E-state index contributed by atoms with van der Waals surface area (Å²) in [5.41, 5.74) is 1.70. The average Bonchev–Trinajstić information content (AvgIpc) is 2.26. The molecular weight excluding hydrogens is 250 g/mol. The highest BCUT2D eigenvalue weighted by Gasteiger charge is 2.17. The molecule has 0 saturated carbocycles. The van der Waals surface area contributed by atoms with Crippen molar-refractivity contribution in [3.05, 3.63) is 36.4 Å². The molecule has 0 radical (unpaired) electrons. The smallest absolute Gasteiger partial charge is 0.412 e. The van der Waals surface area contributed by atoms with Crippen molar-refractivity contribution < 1.29 is 9.53 Å². The molecule has 0 aliphatic heterocycles. The van der Waals surface area contributed by atoms with Crippen LogP contribution in [0.25, 0.3) is 5.57 Å². The minimum absolute atomic E-state index is 0.313. The van der Waals surface area contributed by atoms with Crippen LogP contribution >= 0.6 is 11.6 Å². The molecule has 0 aromatic heterocycles. The zero-order valence-electron chi connectivity index (χ0n) is 10.9. The summed E-state index contributed by atoms with van der Waals surface area (Å²) < 4.78 is 5.20. The van der Waals surface area contributed by atoms with Crippen molar-refractivity contribution in [2.45, 2.75) is 26.4 Å². The standard InChI is InChI=1S/C14H18ClNO2/c1-10(9-15)11-7-5-6-8-12(11)16-13(17)18-14(2,3)4/h5-8H,1,9H2,2-4H3,(H,16,17). The van der Waals surface area contributed by atoms with Gasteiger partial charge in [0.15, 0.2) is 0 Å². The van der Waals surface area contributed by atoms with Crippen molar-refractivity contribution in [2.24, 2.45) is 0 Å². The van der Waals surface area contributed by atoms with E-state index in [9.17, 15) is 4.79 Å². The van der Waals surface area contributed by atoms with Crippen LogP contribution in [0.5, 0.6) is 0 Å². The lowest BCUT2D eigenvalue weighted by Gasteiger charge is -2.20. The number of alkyl halides is 1. The second kappa shape index (κ2) is 5.91. The number of carbonyl (C=O) groups excluding carboxylic acids is 1. The van der Waals surface area contributed by atoms with Crippen molar-refractivity contribution in [1.29, 1.82) is 0 Å². The molecule has 1 amide bonds. The lowest BCUT2D eigenvalue weighted by molar-refractivity contribution is 0.0636. The Morgan fingerprint density at radius 3 is 2.56 bits per heavy atom. The number of rotatable bonds is 3. The van der Waals surface area contributed by atoms with Gasteiger partial charge in [-0.25, -0.2) is 4.79 Å². The molecule has 0 bridgehead atoms. The number of halogens is 1. The van der Waals surface area contributed by atoms with Gasteiger partial charge < -0.3 is 4.74 Å². The lowest BCUT2D eigenvalue weighted by Crippen LogP contribution is -2.27. The fourth-order valence-corrected chi connectivity index (χ4v) is 1.53. The first kappa shape index (κ1) is 14.6. The summed E-state index contributed by atoms with van der Waals surface area (Å²) in [7, 11) is 0. The predicted molar refractivity (Wildman–Crippen MR) is 76.1 cm³/mol.